The highest BCUT2D eigenvalue weighted by Crippen LogP contribution is 2.46. The van der Waals surface area contributed by atoms with Crippen LogP contribution in [0.5, 0.6) is 0 Å². The highest BCUT2D eigenvalue weighted by atomic mass is 16.2. The van der Waals surface area contributed by atoms with E-state index < -0.39 is 5.54 Å². The van der Waals surface area contributed by atoms with Gasteiger partial charge in [0, 0.05) is 42.7 Å². The van der Waals surface area contributed by atoms with Crippen LogP contribution in [0.2, 0.25) is 0 Å². The molecule has 1 unspecified atom stereocenters. The molecule has 7 nitrogen and oxygen atoms in total. The molecule has 2 aliphatic carbocycles. The highest BCUT2D eigenvalue weighted by Gasteiger charge is 2.57. The van der Waals surface area contributed by atoms with Crippen molar-refractivity contribution in [1.29, 1.82) is 0 Å². The van der Waals surface area contributed by atoms with Gasteiger partial charge in [0.25, 0.3) is 5.91 Å². The van der Waals surface area contributed by atoms with Gasteiger partial charge in [0.2, 0.25) is 5.91 Å². The second-order valence-corrected chi connectivity index (χ2v) is 10.8. The first-order valence-corrected chi connectivity index (χ1v) is 13.0. The van der Waals surface area contributed by atoms with Crippen LogP contribution in [0.15, 0.2) is 59.7 Å². The van der Waals surface area contributed by atoms with E-state index in [0.717, 1.165) is 78.5 Å². The van der Waals surface area contributed by atoms with Crippen LogP contribution in [0.25, 0.3) is 21.9 Å². The average molecular weight is 480 g/mol. The van der Waals surface area contributed by atoms with Crippen LogP contribution in [-0.4, -0.2) is 57.6 Å². The number of nitrogens with two attached hydrogens (primary N) is 1. The van der Waals surface area contributed by atoms with Gasteiger partial charge in [-0.2, -0.15) is 0 Å². The van der Waals surface area contributed by atoms with Crippen molar-refractivity contribution in [2.45, 2.75) is 37.6 Å². The molecule has 182 valence electrons. The van der Waals surface area contributed by atoms with Gasteiger partial charge in [-0.05, 0) is 66.7 Å². The summed E-state index contributed by atoms with van der Waals surface area (Å²) in [5.74, 6) is 2.31. The number of likely N-dealkylation sites (tertiary alicyclic amines) is 1. The Bertz CT molecular complexity index is 1420. The Balaban J connectivity index is 1.12. The maximum atomic E-state index is 13.4. The molecule has 1 aromatic heterocycles. The van der Waals surface area contributed by atoms with Crippen molar-refractivity contribution in [1.82, 2.24) is 14.8 Å². The zero-order valence-electron chi connectivity index (χ0n) is 20.2. The third-order valence-electron chi connectivity index (χ3n) is 8.18. The molecule has 36 heavy (non-hydrogen) atoms. The Morgan fingerprint density at radius 1 is 1.00 bits per heavy atom. The number of aromatic nitrogens is 1. The average Bonchev–Trinajstić information content (AvgIpc) is 3.82. The molecule has 3 fully saturated rings. The van der Waals surface area contributed by atoms with E-state index in [-0.39, 0.29) is 11.8 Å². The number of rotatable bonds is 5. The van der Waals surface area contributed by atoms with Gasteiger partial charge in [0.15, 0.2) is 0 Å². The molecule has 2 aliphatic heterocycles. The monoisotopic (exact) mass is 479 g/mol. The first kappa shape index (κ1) is 21.5. The summed E-state index contributed by atoms with van der Waals surface area (Å²) in [6, 6.07) is 16.5. The van der Waals surface area contributed by atoms with E-state index in [2.05, 4.69) is 41.4 Å². The molecule has 7 rings (SSSR count). The molecule has 0 bridgehead atoms. The van der Waals surface area contributed by atoms with Crippen LogP contribution in [0.3, 0.4) is 0 Å². The van der Waals surface area contributed by atoms with Crippen molar-refractivity contribution >= 4 is 34.2 Å². The minimum Gasteiger partial charge on any atom is -0.383 e. The summed E-state index contributed by atoms with van der Waals surface area (Å²) in [7, 11) is 0. The first-order valence-electron chi connectivity index (χ1n) is 13.0. The lowest BCUT2D eigenvalue weighted by molar-refractivity contribution is -0.131. The molecule has 2 saturated carbocycles. The van der Waals surface area contributed by atoms with Gasteiger partial charge in [-0.25, -0.2) is 4.98 Å². The molecular formula is C29H29N5O2. The SMILES string of the molecule is Nc1nccc2cc(-c3ccc(C4=NC5(CC5)C(=O)N4CC4CCN(C(=O)C5CC5)C4)cc3)ccc12. The predicted octanol–water partition coefficient (Wildman–Crippen LogP) is 3.86. The standard InChI is InChI=1S/C29H29N5O2/c30-25-24-8-7-22(15-23(24)9-13-31-25)19-1-3-20(4-2-19)26-32-29(11-12-29)28(36)34(26)17-18-10-14-33(16-18)27(35)21-5-6-21/h1-4,7-9,13,15,18,21H,5-6,10-12,14,16-17H2,(H2,30,31). The number of pyridine rings is 1. The van der Waals surface area contributed by atoms with Crippen molar-refractivity contribution in [2.75, 3.05) is 25.4 Å². The third-order valence-corrected chi connectivity index (χ3v) is 8.18. The molecule has 2 N–H and O–H groups in total. The molecule has 4 aliphatic rings. The fraction of sp³-hybridized carbons (Fsp3) is 0.379. The summed E-state index contributed by atoms with van der Waals surface area (Å²) < 4.78 is 0. The van der Waals surface area contributed by atoms with Crippen molar-refractivity contribution in [3.8, 4) is 11.1 Å². The number of amides is 2. The molecule has 2 aromatic carbocycles. The summed E-state index contributed by atoms with van der Waals surface area (Å²) in [5, 5.41) is 2.01. The van der Waals surface area contributed by atoms with Crippen molar-refractivity contribution in [3.05, 3.63) is 60.3 Å². The maximum Gasteiger partial charge on any atom is 0.256 e. The minimum atomic E-state index is -0.539. The summed E-state index contributed by atoms with van der Waals surface area (Å²) >= 11 is 0. The van der Waals surface area contributed by atoms with Gasteiger partial charge in [-0.15, -0.1) is 0 Å². The number of fused-ring (bicyclic) bond motifs is 1. The number of benzene rings is 2. The zero-order chi connectivity index (χ0) is 24.4. The van der Waals surface area contributed by atoms with E-state index in [0.29, 0.717) is 24.2 Å². The van der Waals surface area contributed by atoms with Gasteiger partial charge in [0.05, 0.1) is 0 Å². The van der Waals surface area contributed by atoms with E-state index in [1.54, 1.807) is 6.20 Å². The number of anilines is 1. The van der Waals surface area contributed by atoms with E-state index in [9.17, 15) is 9.59 Å². The van der Waals surface area contributed by atoms with Crippen LogP contribution < -0.4 is 5.73 Å². The Labute approximate surface area is 210 Å². The number of carbonyl (C=O) groups is 2. The molecule has 0 radical (unpaired) electrons. The molecule has 3 aromatic rings. The fourth-order valence-electron chi connectivity index (χ4n) is 5.71. The zero-order valence-corrected chi connectivity index (χ0v) is 20.2. The number of hydrogen-bond acceptors (Lipinski definition) is 5. The fourth-order valence-corrected chi connectivity index (χ4v) is 5.71. The number of nitrogens with zero attached hydrogens (tertiary/aromatic N) is 4. The van der Waals surface area contributed by atoms with Gasteiger partial charge >= 0.3 is 0 Å². The smallest absolute Gasteiger partial charge is 0.256 e. The van der Waals surface area contributed by atoms with Crippen LogP contribution in [0.1, 0.15) is 37.7 Å². The second kappa shape index (κ2) is 7.88. The molecular weight excluding hydrogens is 450 g/mol. The van der Waals surface area contributed by atoms with Gasteiger partial charge in [-0.3, -0.25) is 19.5 Å². The lowest BCUT2D eigenvalue weighted by atomic mass is 10.0. The molecule has 1 saturated heterocycles. The second-order valence-electron chi connectivity index (χ2n) is 10.8. The number of aliphatic imine (C=N–C) groups is 1. The van der Waals surface area contributed by atoms with Crippen LogP contribution in [0.4, 0.5) is 5.82 Å². The number of carbonyl (C=O) groups excluding carboxylic acids is 2. The maximum absolute atomic E-state index is 13.4. The van der Waals surface area contributed by atoms with Gasteiger partial charge in [-0.1, -0.05) is 36.4 Å². The topological polar surface area (TPSA) is 91.9 Å². The molecule has 3 heterocycles. The van der Waals surface area contributed by atoms with Crippen molar-refractivity contribution in [2.24, 2.45) is 16.8 Å². The molecule has 1 atom stereocenters. The Hall–Kier alpha value is -3.74. The largest absolute Gasteiger partial charge is 0.383 e. The van der Waals surface area contributed by atoms with Gasteiger partial charge in [0.1, 0.15) is 17.2 Å². The molecule has 7 heteroatoms. The Morgan fingerprint density at radius 3 is 2.50 bits per heavy atom. The van der Waals surface area contributed by atoms with Crippen molar-refractivity contribution < 1.29 is 9.59 Å². The molecule has 1 spiro atoms. The van der Waals surface area contributed by atoms with Crippen LogP contribution in [0, 0.1) is 11.8 Å². The normalized spacial score (nSPS) is 22.5. The summed E-state index contributed by atoms with van der Waals surface area (Å²) in [5.41, 5.74) is 8.63. The first-order chi connectivity index (χ1) is 17.5. The van der Waals surface area contributed by atoms with E-state index in [4.69, 9.17) is 10.7 Å². The minimum absolute atomic E-state index is 0.134. The summed E-state index contributed by atoms with van der Waals surface area (Å²) in [4.78, 5) is 38.9. The summed E-state index contributed by atoms with van der Waals surface area (Å²) in [6.07, 6.45) is 6.40. The van der Waals surface area contributed by atoms with E-state index in [1.807, 2.05) is 21.9 Å². The van der Waals surface area contributed by atoms with Gasteiger partial charge < -0.3 is 10.6 Å². The van der Waals surface area contributed by atoms with Crippen LogP contribution in [-0.2, 0) is 9.59 Å². The van der Waals surface area contributed by atoms with E-state index >= 15 is 0 Å². The lowest BCUT2D eigenvalue weighted by Gasteiger charge is -2.23. The summed E-state index contributed by atoms with van der Waals surface area (Å²) in [6.45, 7) is 2.19. The van der Waals surface area contributed by atoms with E-state index in [1.165, 1.54) is 0 Å². The predicted molar refractivity (Wildman–Crippen MR) is 139 cm³/mol. The Kier molecular flexibility index (Phi) is 4.72. The number of hydrogen-bond donors (Lipinski definition) is 1. The quantitative estimate of drug-likeness (QED) is 0.601. The van der Waals surface area contributed by atoms with Crippen LogP contribution >= 0.6 is 0 Å². The highest BCUT2D eigenvalue weighted by molar-refractivity contribution is 6.16. The number of amidine groups is 1. The Morgan fingerprint density at radius 2 is 1.75 bits per heavy atom. The lowest BCUT2D eigenvalue weighted by Crippen LogP contribution is -2.40. The van der Waals surface area contributed by atoms with Crippen molar-refractivity contribution in [3.63, 3.8) is 0 Å². The third kappa shape index (κ3) is 3.56. The number of nitrogen functional groups attached to an aromatic ring is 1. The molecule has 2 amide bonds.